The van der Waals surface area contributed by atoms with Gasteiger partial charge in [0, 0.05) is 37.8 Å². The molecule has 2 aliphatic rings. The quantitative estimate of drug-likeness (QED) is 0.310. The van der Waals surface area contributed by atoms with Crippen LogP contribution in [0.3, 0.4) is 0 Å². The molecule has 4 rings (SSSR count). The van der Waals surface area contributed by atoms with Crippen molar-refractivity contribution in [2.45, 2.75) is 51.2 Å². The predicted octanol–water partition coefficient (Wildman–Crippen LogP) is 4.10. The number of guanidine groups is 1. The van der Waals surface area contributed by atoms with Gasteiger partial charge in [0.05, 0.1) is 19.3 Å². The summed E-state index contributed by atoms with van der Waals surface area (Å²) in [5.41, 5.74) is 2.78. The number of nitrogens with one attached hydrogen (secondary N) is 2. The smallest absolute Gasteiger partial charge is 0.191 e. The molecule has 2 aromatic rings. The van der Waals surface area contributed by atoms with Crippen LogP contribution in [0.2, 0.25) is 0 Å². The normalized spacial score (nSPS) is 20.1. The Bertz CT molecular complexity index is 854. The molecule has 7 heteroatoms. The Balaban J connectivity index is 0.00000289. The van der Waals surface area contributed by atoms with Crippen LogP contribution in [-0.4, -0.2) is 49.8 Å². The van der Waals surface area contributed by atoms with Crippen molar-refractivity contribution in [2.75, 3.05) is 37.7 Å². The first-order chi connectivity index (χ1) is 15.2. The van der Waals surface area contributed by atoms with Gasteiger partial charge in [-0.05, 0) is 43.9 Å². The number of anilines is 1. The summed E-state index contributed by atoms with van der Waals surface area (Å²) in [5.74, 6) is 1.89. The lowest BCUT2D eigenvalue weighted by Crippen LogP contribution is -2.48. The van der Waals surface area contributed by atoms with Gasteiger partial charge in [-0.3, -0.25) is 0 Å². The van der Waals surface area contributed by atoms with Crippen LogP contribution in [-0.2, 0) is 16.7 Å². The molecule has 1 saturated heterocycles. The third kappa shape index (κ3) is 6.13. The van der Waals surface area contributed by atoms with E-state index in [0.29, 0.717) is 6.54 Å². The summed E-state index contributed by atoms with van der Waals surface area (Å²) in [4.78, 5) is 11.8. The van der Waals surface area contributed by atoms with E-state index < -0.39 is 0 Å². The molecule has 1 aromatic heterocycles. The van der Waals surface area contributed by atoms with Crippen LogP contribution >= 0.6 is 24.0 Å². The second kappa shape index (κ2) is 11.8. The molecule has 2 N–H and O–H groups in total. The van der Waals surface area contributed by atoms with Gasteiger partial charge in [-0.25, -0.2) is 9.98 Å². The molecular weight excluding hydrogens is 513 g/mol. The van der Waals surface area contributed by atoms with Gasteiger partial charge in [0.15, 0.2) is 5.96 Å². The number of benzene rings is 1. The van der Waals surface area contributed by atoms with E-state index in [0.717, 1.165) is 50.1 Å². The molecular formula is C25H36IN5O. The Morgan fingerprint density at radius 2 is 2.00 bits per heavy atom. The number of ether oxygens (including phenoxy) is 1. The van der Waals surface area contributed by atoms with E-state index in [1.165, 1.54) is 24.8 Å². The summed E-state index contributed by atoms with van der Waals surface area (Å²) in [6, 6.07) is 15.1. The molecule has 32 heavy (non-hydrogen) atoms. The Labute approximate surface area is 209 Å². The second-order valence-corrected chi connectivity index (χ2v) is 8.70. The number of aromatic nitrogens is 1. The lowest BCUT2D eigenvalue weighted by molar-refractivity contribution is 0.0529. The fraction of sp³-hybridized carbons (Fsp3) is 0.520. The maximum Gasteiger partial charge on any atom is 0.191 e. The van der Waals surface area contributed by atoms with Gasteiger partial charge < -0.3 is 20.3 Å². The number of nitrogens with zero attached hydrogens (tertiary/aromatic N) is 3. The van der Waals surface area contributed by atoms with Crippen LogP contribution in [0.4, 0.5) is 5.82 Å². The van der Waals surface area contributed by atoms with Gasteiger partial charge in [0.25, 0.3) is 0 Å². The topological polar surface area (TPSA) is 61.8 Å². The summed E-state index contributed by atoms with van der Waals surface area (Å²) >= 11 is 0. The molecule has 1 aliphatic heterocycles. The van der Waals surface area contributed by atoms with E-state index in [-0.39, 0.29) is 35.5 Å². The number of halogens is 1. The van der Waals surface area contributed by atoms with E-state index in [2.05, 4.69) is 76.8 Å². The standard InChI is InChI=1S/C25H35N5O.HI/c1-3-26-24(29-19-25(12-7-13-25)22-8-5-4-6-9-22)28-17-21-10-11-23(27-16-21)30-14-15-31-20(2)18-30;/h4-6,8-11,16,20H,3,7,12-15,17-19H2,1-2H3,(H2,26,28,29);1H. The second-order valence-electron chi connectivity index (χ2n) is 8.70. The summed E-state index contributed by atoms with van der Waals surface area (Å²) in [7, 11) is 0. The first-order valence-electron chi connectivity index (χ1n) is 11.6. The number of rotatable bonds is 7. The maximum atomic E-state index is 5.63. The highest BCUT2D eigenvalue weighted by atomic mass is 127. The first-order valence-corrected chi connectivity index (χ1v) is 11.6. The zero-order chi connectivity index (χ0) is 21.5. The lowest BCUT2D eigenvalue weighted by atomic mass is 9.64. The monoisotopic (exact) mass is 549 g/mol. The van der Waals surface area contributed by atoms with Gasteiger partial charge >= 0.3 is 0 Å². The number of hydrogen-bond acceptors (Lipinski definition) is 4. The minimum atomic E-state index is 0. The molecule has 1 saturated carbocycles. The van der Waals surface area contributed by atoms with Gasteiger partial charge in [-0.15, -0.1) is 24.0 Å². The van der Waals surface area contributed by atoms with Gasteiger partial charge in [0.2, 0.25) is 0 Å². The minimum absolute atomic E-state index is 0. The Kier molecular flexibility index (Phi) is 9.16. The lowest BCUT2D eigenvalue weighted by Gasteiger charge is -2.43. The first kappa shape index (κ1) is 24.8. The summed E-state index contributed by atoms with van der Waals surface area (Å²) < 4.78 is 5.63. The van der Waals surface area contributed by atoms with E-state index in [4.69, 9.17) is 9.73 Å². The van der Waals surface area contributed by atoms with E-state index in [9.17, 15) is 0 Å². The molecule has 2 fully saturated rings. The van der Waals surface area contributed by atoms with Crippen molar-refractivity contribution in [3.05, 3.63) is 59.8 Å². The average molecular weight is 550 g/mol. The highest BCUT2D eigenvalue weighted by molar-refractivity contribution is 14.0. The van der Waals surface area contributed by atoms with Crippen LogP contribution in [0, 0.1) is 0 Å². The van der Waals surface area contributed by atoms with E-state index in [1.807, 2.05) is 6.20 Å². The van der Waals surface area contributed by atoms with Crippen LogP contribution in [0.5, 0.6) is 0 Å². The maximum absolute atomic E-state index is 5.63. The molecule has 1 aliphatic carbocycles. The predicted molar refractivity (Wildman–Crippen MR) is 142 cm³/mol. The molecule has 0 amide bonds. The third-order valence-corrected chi connectivity index (χ3v) is 6.43. The SMILES string of the molecule is CCNC(=NCc1ccc(N2CCOC(C)C2)nc1)NCC1(c2ccccc2)CCC1.I. The molecule has 0 bridgehead atoms. The Hall–Kier alpha value is -1.87. The largest absolute Gasteiger partial charge is 0.375 e. The van der Waals surface area contributed by atoms with Crippen molar-refractivity contribution < 1.29 is 4.74 Å². The molecule has 1 atom stereocenters. The fourth-order valence-corrected chi connectivity index (χ4v) is 4.45. The minimum Gasteiger partial charge on any atom is -0.375 e. The molecule has 0 spiro atoms. The zero-order valence-electron chi connectivity index (χ0n) is 19.2. The van der Waals surface area contributed by atoms with Crippen LogP contribution in [0.25, 0.3) is 0 Å². The molecule has 1 unspecified atom stereocenters. The number of pyridine rings is 1. The summed E-state index contributed by atoms with van der Waals surface area (Å²) in [5, 5.41) is 6.99. The van der Waals surface area contributed by atoms with Crippen molar-refractivity contribution >= 4 is 35.8 Å². The van der Waals surface area contributed by atoms with Crippen molar-refractivity contribution in [3.63, 3.8) is 0 Å². The zero-order valence-corrected chi connectivity index (χ0v) is 21.5. The van der Waals surface area contributed by atoms with Crippen molar-refractivity contribution in [2.24, 2.45) is 4.99 Å². The van der Waals surface area contributed by atoms with Crippen molar-refractivity contribution in [3.8, 4) is 0 Å². The van der Waals surface area contributed by atoms with E-state index >= 15 is 0 Å². The van der Waals surface area contributed by atoms with E-state index in [1.54, 1.807) is 0 Å². The van der Waals surface area contributed by atoms with Gasteiger partial charge in [-0.1, -0.05) is 42.8 Å². The third-order valence-electron chi connectivity index (χ3n) is 6.43. The Morgan fingerprint density at radius 1 is 1.19 bits per heavy atom. The van der Waals surface area contributed by atoms with Gasteiger partial charge in [0.1, 0.15) is 5.82 Å². The molecule has 2 heterocycles. The molecule has 174 valence electrons. The number of hydrogen-bond donors (Lipinski definition) is 2. The molecule has 1 aromatic carbocycles. The highest BCUT2D eigenvalue weighted by Gasteiger charge is 2.38. The highest BCUT2D eigenvalue weighted by Crippen LogP contribution is 2.43. The molecule has 0 radical (unpaired) electrons. The van der Waals surface area contributed by atoms with Crippen LogP contribution in [0.1, 0.15) is 44.2 Å². The van der Waals surface area contributed by atoms with Crippen LogP contribution < -0.4 is 15.5 Å². The van der Waals surface area contributed by atoms with Crippen LogP contribution in [0.15, 0.2) is 53.7 Å². The van der Waals surface area contributed by atoms with Crippen molar-refractivity contribution in [1.29, 1.82) is 0 Å². The average Bonchev–Trinajstić information content (AvgIpc) is 2.78. The molecule has 6 nitrogen and oxygen atoms in total. The Morgan fingerprint density at radius 3 is 2.62 bits per heavy atom. The van der Waals surface area contributed by atoms with Crippen molar-refractivity contribution in [1.82, 2.24) is 15.6 Å². The summed E-state index contributed by atoms with van der Waals surface area (Å²) in [6.07, 6.45) is 5.96. The number of aliphatic imine (C=N–C) groups is 1. The number of morpholine rings is 1. The summed E-state index contributed by atoms with van der Waals surface area (Å²) in [6.45, 7) is 9.13. The van der Waals surface area contributed by atoms with Gasteiger partial charge in [-0.2, -0.15) is 0 Å². The fourth-order valence-electron chi connectivity index (χ4n) is 4.45.